The first-order valence-electron chi connectivity index (χ1n) is 9.48. The van der Waals surface area contributed by atoms with Crippen molar-refractivity contribution >= 4 is 29.3 Å². The lowest BCUT2D eigenvalue weighted by Gasteiger charge is -2.12. The van der Waals surface area contributed by atoms with Gasteiger partial charge in [-0.25, -0.2) is 8.78 Å². The Kier molecular flexibility index (Phi) is 7.17. The van der Waals surface area contributed by atoms with Gasteiger partial charge in [0.15, 0.2) is 11.5 Å². The van der Waals surface area contributed by atoms with Gasteiger partial charge in [0.05, 0.1) is 25.6 Å². The van der Waals surface area contributed by atoms with Gasteiger partial charge in [0.2, 0.25) is 0 Å². The first-order chi connectivity index (χ1) is 15.4. The van der Waals surface area contributed by atoms with E-state index in [1.807, 2.05) is 0 Å². The number of methoxy groups -OCH3 is 2. The summed E-state index contributed by atoms with van der Waals surface area (Å²) in [6, 6.07) is 15.8. The summed E-state index contributed by atoms with van der Waals surface area (Å²) in [4.78, 5) is 25.8. The molecule has 0 fully saturated rings. The zero-order valence-electron chi connectivity index (χ0n) is 17.3. The number of carbonyl (C=O) groups is 2. The minimum absolute atomic E-state index is 0.102. The SMILES string of the molecule is COc1ccc(C=C(C(=O)Nc2ccccc2F)C(=O)Nc2ccccc2F)cc1OC. The molecule has 8 heteroatoms. The summed E-state index contributed by atoms with van der Waals surface area (Å²) in [5.74, 6) is -2.25. The lowest BCUT2D eigenvalue weighted by Crippen LogP contribution is -2.26. The third-order valence-electron chi connectivity index (χ3n) is 4.45. The van der Waals surface area contributed by atoms with E-state index in [0.29, 0.717) is 17.1 Å². The lowest BCUT2D eigenvalue weighted by atomic mass is 10.1. The molecule has 0 saturated heterocycles. The van der Waals surface area contributed by atoms with Gasteiger partial charge in [-0.3, -0.25) is 9.59 Å². The van der Waals surface area contributed by atoms with Crippen molar-refractivity contribution in [3.63, 3.8) is 0 Å². The minimum Gasteiger partial charge on any atom is -0.493 e. The normalized spacial score (nSPS) is 10.1. The van der Waals surface area contributed by atoms with Gasteiger partial charge in [0.25, 0.3) is 11.8 Å². The van der Waals surface area contributed by atoms with E-state index in [9.17, 15) is 18.4 Å². The minimum atomic E-state index is -0.876. The molecule has 0 aromatic heterocycles. The van der Waals surface area contributed by atoms with E-state index in [4.69, 9.17) is 9.47 Å². The molecule has 0 heterocycles. The van der Waals surface area contributed by atoms with Crippen LogP contribution >= 0.6 is 0 Å². The van der Waals surface area contributed by atoms with Crippen molar-refractivity contribution in [3.05, 3.63) is 89.5 Å². The predicted octanol–water partition coefficient (Wildman–Crippen LogP) is 4.64. The van der Waals surface area contributed by atoms with Crippen LogP contribution in [0.3, 0.4) is 0 Å². The van der Waals surface area contributed by atoms with Crippen molar-refractivity contribution in [2.75, 3.05) is 24.9 Å². The summed E-state index contributed by atoms with van der Waals surface area (Å²) in [5, 5.41) is 4.74. The molecule has 3 aromatic rings. The summed E-state index contributed by atoms with van der Waals surface area (Å²) >= 11 is 0. The number of ether oxygens (including phenoxy) is 2. The molecule has 0 unspecified atom stereocenters. The highest BCUT2D eigenvalue weighted by Gasteiger charge is 2.21. The Hall–Kier alpha value is -4.20. The number of benzene rings is 3. The van der Waals surface area contributed by atoms with Gasteiger partial charge >= 0.3 is 0 Å². The van der Waals surface area contributed by atoms with E-state index in [1.165, 1.54) is 68.8 Å². The highest BCUT2D eigenvalue weighted by molar-refractivity contribution is 6.28. The summed E-state index contributed by atoms with van der Waals surface area (Å²) in [6.45, 7) is 0. The summed E-state index contributed by atoms with van der Waals surface area (Å²) in [5.41, 5.74) is -0.141. The second-order valence-corrected chi connectivity index (χ2v) is 6.54. The lowest BCUT2D eigenvalue weighted by molar-refractivity contribution is -0.118. The van der Waals surface area contributed by atoms with Crippen molar-refractivity contribution in [2.24, 2.45) is 0 Å². The fraction of sp³-hybridized carbons (Fsp3) is 0.0833. The van der Waals surface area contributed by atoms with Crippen molar-refractivity contribution in [1.82, 2.24) is 0 Å². The zero-order valence-corrected chi connectivity index (χ0v) is 17.3. The fourth-order valence-electron chi connectivity index (χ4n) is 2.85. The molecular formula is C24H20F2N2O4. The Morgan fingerprint density at radius 1 is 0.750 bits per heavy atom. The maximum absolute atomic E-state index is 14.0. The standard InChI is InChI=1S/C24H20F2N2O4/c1-31-21-12-11-15(14-22(21)32-2)13-16(23(29)27-19-9-5-3-7-17(19)25)24(30)28-20-10-6-4-8-18(20)26/h3-14H,1-2H3,(H,27,29)(H,28,30). The Bertz CT molecular complexity index is 1120. The summed E-state index contributed by atoms with van der Waals surface area (Å²) in [6.07, 6.45) is 1.29. The molecule has 3 aromatic carbocycles. The van der Waals surface area contributed by atoms with Crippen molar-refractivity contribution < 1.29 is 27.8 Å². The highest BCUT2D eigenvalue weighted by atomic mass is 19.1. The van der Waals surface area contributed by atoms with E-state index < -0.39 is 23.4 Å². The third-order valence-corrected chi connectivity index (χ3v) is 4.45. The third kappa shape index (κ3) is 5.28. The number of rotatable bonds is 7. The molecule has 2 N–H and O–H groups in total. The Morgan fingerprint density at radius 2 is 1.25 bits per heavy atom. The van der Waals surface area contributed by atoms with Crippen LogP contribution in [0.25, 0.3) is 6.08 Å². The zero-order chi connectivity index (χ0) is 23.1. The van der Waals surface area contributed by atoms with Crippen LogP contribution in [0.2, 0.25) is 0 Å². The molecule has 3 rings (SSSR count). The van der Waals surface area contributed by atoms with E-state index in [-0.39, 0.29) is 16.9 Å². The maximum atomic E-state index is 14.0. The van der Waals surface area contributed by atoms with Crippen LogP contribution in [-0.2, 0) is 9.59 Å². The van der Waals surface area contributed by atoms with E-state index in [1.54, 1.807) is 18.2 Å². The van der Waals surface area contributed by atoms with Gasteiger partial charge in [-0.05, 0) is 48.0 Å². The van der Waals surface area contributed by atoms with Crippen LogP contribution in [0.1, 0.15) is 5.56 Å². The molecule has 6 nitrogen and oxygen atoms in total. The molecule has 0 saturated carbocycles. The molecular weight excluding hydrogens is 418 g/mol. The second kappa shape index (κ2) is 10.2. The Balaban J connectivity index is 1.99. The van der Waals surface area contributed by atoms with Gasteiger partial charge in [-0.1, -0.05) is 30.3 Å². The van der Waals surface area contributed by atoms with Gasteiger partial charge in [0.1, 0.15) is 17.2 Å². The first kappa shape index (κ1) is 22.5. The first-order valence-corrected chi connectivity index (χ1v) is 9.48. The molecule has 0 aliphatic carbocycles. The molecule has 0 radical (unpaired) electrons. The molecule has 2 amide bonds. The van der Waals surface area contributed by atoms with Crippen LogP contribution in [0.15, 0.2) is 72.3 Å². The van der Waals surface area contributed by atoms with Gasteiger partial charge in [-0.2, -0.15) is 0 Å². The van der Waals surface area contributed by atoms with Crippen LogP contribution in [0.4, 0.5) is 20.2 Å². The summed E-state index contributed by atoms with van der Waals surface area (Å²) in [7, 11) is 2.92. The average molecular weight is 438 g/mol. The largest absolute Gasteiger partial charge is 0.493 e. The smallest absolute Gasteiger partial charge is 0.261 e. The van der Waals surface area contributed by atoms with Crippen molar-refractivity contribution in [2.45, 2.75) is 0 Å². The van der Waals surface area contributed by atoms with E-state index in [0.717, 1.165) is 0 Å². The number of para-hydroxylation sites is 2. The Labute approximate surface area is 183 Å². The van der Waals surface area contributed by atoms with Crippen molar-refractivity contribution in [3.8, 4) is 11.5 Å². The predicted molar refractivity (Wildman–Crippen MR) is 118 cm³/mol. The van der Waals surface area contributed by atoms with Gasteiger partial charge < -0.3 is 20.1 Å². The van der Waals surface area contributed by atoms with Crippen molar-refractivity contribution in [1.29, 1.82) is 0 Å². The monoisotopic (exact) mass is 438 g/mol. The molecule has 0 aliphatic rings. The average Bonchev–Trinajstić information content (AvgIpc) is 2.80. The quantitative estimate of drug-likeness (QED) is 0.320. The highest BCUT2D eigenvalue weighted by Crippen LogP contribution is 2.29. The van der Waals surface area contributed by atoms with E-state index >= 15 is 0 Å². The molecule has 0 spiro atoms. The van der Waals surface area contributed by atoms with Crippen LogP contribution in [-0.4, -0.2) is 26.0 Å². The fourth-order valence-corrected chi connectivity index (χ4v) is 2.85. The van der Waals surface area contributed by atoms with E-state index in [2.05, 4.69) is 10.6 Å². The topological polar surface area (TPSA) is 76.7 Å². The molecule has 0 atom stereocenters. The number of carbonyl (C=O) groups excluding carboxylic acids is 2. The Morgan fingerprint density at radius 3 is 1.72 bits per heavy atom. The molecule has 0 bridgehead atoms. The van der Waals surface area contributed by atoms with Gasteiger partial charge in [0, 0.05) is 0 Å². The number of hydrogen-bond acceptors (Lipinski definition) is 4. The van der Waals surface area contributed by atoms with Crippen LogP contribution in [0, 0.1) is 11.6 Å². The molecule has 0 aliphatic heterocycles. The number of anilines is 2. The molecule has 32 heavy (non-hydrogen) atoms. The van der Waals surface area contributed by atoms with Crippen LogP contribution < -0.4 is 20.1 Å². The number of amides is 2. The van der Waals surface area contributed by atoms with Crippen LogP contribution in [0.5, 0.6) is 11.5 Å². The number of halogens is 2. The summed E-state index contributed by atoms with van der Waals surface area (Å²) < 4.78 is 38.5. The second-order valence-electron chi connectivity index (χ2n) is 6.54. The number of nitrogens with one attached hydrogen (secondary N) is 2. The van der Waals surface area contributed by atoms with Gasteiger partial charge in [-0.15, -0.1) is 0 Å². The molecule has 164 valence electrons. The maximum Gasteiger partial charge on any atom is 0.261 e. The number of hydrogen-bond donors (Lipinski definition) is 2.